The minimum Gasteiger partial charge on any atom is -0.356 e. The van der Waals surface area contributed by atoms with E-state index in [2.05, 4.69) is 23.8 Å². The first-order valence-electron chi connectivity index (χ1n) is 8.88. The van der Waals surface area contributed by atoms with Gasteiger partial charge in [0.25, 0.3) is 0 Å². The molecule has 0 unspecified atom stereocenters. The molecule has 28 heavy (non-hydrogen) atoms. The molecule has 0 fully saturated rings. The van der Waals surface area contributed by atoms with E-state index in [4.69, 9.17) is 11.6 Å². The van der Waals surface area contributed by atoms with Gasteiger partial charge in [0.15, 0.2) is 0 Å². The highest BCUT2D eigenvalue weighted by molar-refractivity contribution is 6.32. The van der Waals surface area contributed by atoms with Crippen molar-refractivity contribution in [3.63, 3.8) is 0 Å². The predicted molar refractivity (Wildman–Crippen MR) is 119 cm³/mol. The topological polar surface area (TPSA) is 24.1 Å². The van der Waals surface area contributed by atoms with Crippen molar-refractivity contribution in [3.8, 4) is 0 Å². The van der Waals surface area contributed by atoms with Gasteiger partial charge in [-0.05, 0) is 55.8 Å². The summed E-state index contributed by atoms with van der Waals surface area (Å²) in [5.74, 6) is -0.257. The Bertz CT molecular complexity index is 1040. The molecule has 142 valence electrons. The van der Waals surface area contributed by atoms with Crippen molar-refractivity contribution in [1.82, 2.24) is 0 Å². The van der Waals surface area contributed by atoms with Crippen LogP contribution in [0.4, 0.5) is 15.8 Å². The van der Waals surface area contributed by atoms with Crippen LogP contribution in [0.5, 0.6) is 0 Å². The number of hydrogen-bond donors (Lipinski definition) is 2. The highest BCUT2D eigenvalue weighted by Crippen LogP contribution is 2.29. The predicted octanol–water partition coefficient (Wildman–Crippen LogP) is 7.26. The first-order chi connectivity index (χ1) is 13.3. The summed E-state index contributed by atoms with van der Waals surface area (Å²) in [4.78, 5) is 0. The summed E-state index contributed by atoms with van der Waals surface area (Å²) in [6, 6.07) is 18.6. The Labute approximate surface area is 170 Å². The van der Waals surface area contributed by atoms with E-state index in [-0.39, 0.29) is 5.82 Å². The molecule has 0 radical (unpaired) electrons. The second-order valence-corrected chi connectivity index (χ2v) is 7.14. The molecule has 4 heteroatoms. The van der Waals surface area contributed by atoms with E-state index in [1.807, 2.05) is 49.4 Å². The van der Waals surface area contributed by atoms with Gasteiger partial charge in [-0.15, -0.1) is 0 Å². The molecule has 3 rings (SSSR count). The van der Waals surface area contributed by atoms with Gasteiger partial charge in [0.1, 0.15) is 5.82 Å². The van der Waals surface area contributed by atoms with E-state index >= 15 is 0 Å². The zero-order valence-electron chi connectivity index (χ0n) is 15.9. The van der Waals surface area contributed by atoms with Gasteiger partial charge in [0.2, 0.25) is 0 Å². The lowest BCUT2D eigenvalue weighted by Gasteiger charge is -2.15. The van der Waals surface area contributed by atoms with Crippen LogP contribution >= 0.6 is 11.6 Å². The number of anilines is 2. The van der Waals surface area contributed by atoms with E-state index in [9.17, 15) is 4.39 Å². The average molecular weight is 393 g/mol. The lowest BCUT2D eigenvalue weighted by molar-refractivity contribution is 0.618. The average Bonchev–Trinajstić information content (AvgIpc) is 2.67. The van der Waals surface area contributed by atoms with Crippen LogP contribution in [0.2, 0.25) is 5.02 Å². The molecule has 0 aliphatic heterocycles. The van der Waals surface area contributed by atoms with Gasteiger partial charge in [0.05, 0.1) is 5.02 Å². The van der Waals surface area contributed by atoms with Crippen molar-refractivity contribution >= 4 is 34.4 Å². The van der Waals surface area contributed by atoms with Crippen molar-refractivity contribution in [2.45, 2.75) is 13.8 Å². The summed E-state index contributed by atoms with van der Waals surface area (Å²) in [6.07, 6.45) is 0. The zero-order valence-corrected chi connectivity index (χ0v) is 16.7. The molecule has 0 aliphatic rings. The number of nitrogens with one attached hydrogen (secondary N) is 2. The van der Waals surface area contributed by atoms with Crippen molar-refractivity contribution in [3.05, 3.63) is 107 Å². The molecular weight excluding hydrogens is 371 g/mol. The van der Waals surface area contributed by atoms with E-state index in [1.54, 1.807) is 19.1 Å². The molecule has 0 aliphatic carbocycles. The normalized spacial score (nSPS) is 10.4. The second-order valence-electron chi connectivity index (χ2n) is 6.73. The summed E-state index contributed by atoms with van der Waals surface area (Å²) >= 11 is 6.37. The maximum Gasteiger partial charge on any atom is 0.126 e. The molecular formula is C24H22ClFN2. The Hall–Kier alpha value is -3.04. The van der Waals surface area contributed by atoms with E-state index in [0.29, 0.717) is 27.5 Å². The maximum atomic E-state index is 13.8. The van der Waals surface area contributed by atoms with Crippen LogP contribution in [0.1, 0.15) is 22.3 Å². The SMILES string of the molecule is C=C(Nc1ccc(Cl)c(C(=C)Nc2ccc(C)cc2)c1)c1ccc(C)c(F)c1. The van der Waals surface area contributed by atoms with E-state index < -0.39 is 0 Å². The summed E-state index contributed by atoms with van der Waals surface area (Å²) in [6.45, 7) is 11.9. The third-order valence-electron chi connectivity index (χ3n) is 4.45. The first-order valence-corrected chi connectivity index (χ1v) is 9.26. The lowest BCUT2D eigenvalue weighted by atomic mass is 10.1. The largest absolute Gasteiger partial charge is 0.356 e. The molecule has 0 atom stereocenters. The zero-order chi connectivity index (χ0) is 20.3. The number of benzene rings is 3. The lowest BCUT2D eigenvalue weighted by Crippen LogP contribution is -2.02. The molecule has 2 nitrogen and oxygen atoms in total. The van der Waals surface area contributed by atoms with Crippen molar-refractivity contribution < 1.29 is 4.39 Å². The Balaban J connectivity index is 1.78. The maximum absolute atomic E-state index is 13.8. The van der Waals surface area contributed by atoms with E-state index in [0.717, 1.165) is 16.9 Å². The van der Waals surface area contributed by atoms with Crippen molar-refractivity contribution in [2.75, 3.05) is 10.6 Å². The summed E-state index contributed by atoms with van der Waals surface area (Å²) in [5.41, 5.74) is 6.26. The third-order valence-corrected chi connectivity index (χ3v) is 4.78. The number of halogens is 2. The Kier molecular flexibility index (Phi) is 5.86. The number of aryl methyl sites for hydroxylation is 2. The molecule has 0 spiro atoms. The summed E-state index contributed by atoms with van der Waals surface area (Å²) < 4.78 is 13.8. The van der Waals surface area contributed by atoms with Crippen LogP contribution in [0.3, 0.4) is 0 Å². The Morgan fingerprint density at radius 1 is 0.821 bits per heavy atom. The fraction of sp³-hybridized carbons (Fsp3) is 0.0833. The fourth-order valence-electron chi connectivity index (χ4n) is 2.74. The summed E-state index contributed by atoms with van der Waals surface area (Å²) in [5, 5.41) is 7.07. The second kappa shape index (κ2) is 8.32. The van der Waals surface area contributed by atoms with Gasteiger partial charge < -0.3 is 10.6 Å². The molecule has 0 saturated heterocycles. The van der Waals surface area contributed by atoms with Crippen LogP contribution in [0, 0.1) is 19.7 Å². The van der Waals surface area contributed by atoms with Crippen LogP contribution < -0.4 is 10.6 Å². The molecule has 3 aromatic rings. The molecule has 0 amide bonds. The number of hydrogen-bond acceptors (Lipinski definition) is 2. The van der Waals surface area contributed by atoms with Crippen molar-refractivity contribution in [1.29, 1.82) is 0 Å². The summed E-state index contributed by atoms with van der Waals surface area (Å²) in [7, 11) is 0. The van der Waals surface area contributed by atoms with Crippen LogP contribution in [-0.2, 0) is 0 Å². The highest BCUT2D eigenvalue weighted by atomic mass is 35.5. The Morgan fingerprint density at radius 2 is 1.46 bits per heavy atom. The van der Waals surface area contributed by atoms with Gasteiger partial charge in [-0.2, -0.15) is 0 Å². The minimum atomic E-state index is -0.257. The fourth-order valence-corrected chi connectivity index (χ4v) is 2.97. The number of rotatable bonds is 6. The first kappa shape index (κ1) is 19.7. The molecule has 2 N–H and O–H groups in total. The minimum absolute atomic E-state index is 0.257. The van der Waals surface area contributed by atoms with Gasteiger partial charge in [0, 0.05) is 33.9 Å². The highest BCUT2D eigenvalue weighted by Gasteiger charge is 2.09. The van der Waals surface area contributed by atoms with Gasteiger partial charge in [-0.3, -0.25) is 0 Å². The Morgan fingerprint density at radius 3 is 2.14 bits per heavy atom. The molecule has 0 saturated carbocycles. The molecule has 0 aromatic heterocycles. The quantitative estimate of drug-likeness (QED) is 0.461. The van der Waals surface area contributed by atoms with E-state index in [1.165, 1.54) is 11.6 Å². The third kappa shape index (κ3) is 4.62. The van der Waals surface area contributed by atoms with Gasteiger partial charge in [-0.25, -0.2) is 4.39 Å². The van der Waals surface area contributed by atoms with Crippen LogP contribution in [0.25, 0.3) is 11.4 Å². The molecule has 0 bridgehead atoms. The molecule has 3 aromatic carbocycles. The van der Waals surface area contributed by atoms with Gasteiger partial charge in [-0.1, -0.05) is 54.6 Å². The van der Waals surface area contributed by atoms with Crippen molar-refractivity contribution in [2.24, 2.45) is 0 Å². The van der Waals surface area contributed by atoms with Gasteiger partial charge >= 0.3 is 0 Å². The smallest absolute Gasteiger partial charge is 0.126 e. The van der Waals surface area contributed by atoms with Crippen LogP contribution in [-0.4, -0.2) is 0 Å². The molecule has 0 heterocycles. The monoisotopic (exact) mass is 392 g/mol. The van der Waals surface area contributed by atoms with Crippen LogP contribution in [0.15, 0.2) is 73.8 Å². The standard InChI is InChI=1S/C24H22ClFN2/c1-15-5-9-20(10-6-15)28-18(4)22-14-21(11-12-23(22)25)27-17(3)19-8-7-16(2)24(26)13-19/h5-14,27-28H,3-4H2,1-2H3.